The lowest BCUT2D eigenvalue weighted by Gasteiger charge is -2.49. The summed E-state index contributed by atoms with van der Waals surface area (Å²) in [6.07, 6.45) is 4.83. The number of fused-ring (bicyclic) bond motifs is 2. The zero-order valence-corrected chi connectivity index (χ0v) is 14.6. The number of piperazine rings is 1. The van der Waals surface area contributed by atoms with Crippen molar-refractivity contribution in [2.75, 3.05) is 13.1 Å². The van der Waals surface area contributed by atoms with Gasteiger partial charge in [0, 0.05) is 37.3 Å². The highest BCUT2D eigenvalue weighted by atomic mass is 15.3. The smallest absolute Gasteiger partial charge is 0.0421 e. The van der Waals surface area contributed by atoms with Gasteiger partial charge in [0.25, 0.3) is 0 Å². The Morgan fingerprint density at radius 2 is 1.38 bits per heavy atom. The molecule has 2 heterocycles. The molecule has 0 aliphatic carbocycles. The Kier molecular flexibility index (Phi) is 4.03. The maximum atomic E-state index is 2.70. The second-order valence-corrected chi connectivity index (χ2v) is 7.53. The molecule has 4 rings (SSSR count). The van der Waals surface area contributed by atoms with E-state index in [1.54, 1.807) is 0 Å². The van der Waals surface area contributed by atoms with E-state index in [4.69, 9.17) is 0 Å². The van der Waals surface area contributed by atoms with Gasteiger partial charge < -0.3 is 0 Å². The molecule has 2 bridgehead atoms. The minimum atomic E-state index is 0.0545. The fourth-order valence-corrected chi connectivity index (χ4v) is 4.38. The second kappa shape index (κ2) is 6.19. The van der Waals surface area contributed by atoms with E-state index in [1.807, 2.05) is 0 Å². The predicted octanol–water partition coefficient (Wildman–Crippen LogP) is 4.05. The molecule has 0 aromatic heterocycles. The number of benzene rings is 2. The Bertz CT molecular complexity index is 689. The molecule has 2 atom stereocenters. The first kappa shape index (κ1) is 15.6. The molecule has 2 heteroatoms. The van der Waals surface area contributed by atoms with Crippen molar-refractivity contribution in [1.29, 1.82) is 0 Å². The van der Waals surface area contributed by atoms with Crippen molar-refractivity contribution in [3.8, 4) is 0 Å². The van der Waals surface area contributed by atoms with E-state index in [0.29, 0.717) is 12.1 Å². The summed E-state index contributed by atoms with van der Waals surface area (Å²) in [4.78, 5) is 5.30. The number of nitrogens with zero attached hydrogens (tertiary/aromatic N) is 2. The Hall–Kier alpha value is -1.90. The largest absolute Gasteiger partial charge is 0.295 e. The Morgan fingerprint density at radius 3 is 1.96 bits per heavy atom. The van der Waals surface area contributed by atoms with Gasteiger partial charge in [-0.3, -0.25) is 9.80 Å². The summed E-state index contributed by atoms with van der Waals surface area (Å²) in [6.45, 7) is 8.00. The maximum absolute atomic E-state index is 2.70. The molecule has 1 saturated heterocycles. The summed E-state index contributed by atoms with van der Waals surface area (Å²) in [5.74, 6) is 0. The number of hydrogen-bond donors (Lipinski definition) is 0. The third-order valence-corrected chi connectivity index (χ3v) is 5.54. The topological polar surface area (TPSA) is 6.48 Å². The lowest BCUT2D eigenvalue weighted by Crippen LogP contribution is -2.59. The van der Waals surface area contributed by atoms with Gasteiger partial charge in [-0.2, -0.15) is 0 Å². The van der Waals surface area contributed by atoms with E-state index in [0.717, 1.165) is 19.6 Å². The van der Waals surface area contributed by atoms with Gasteiger partial charge in [0.05, 0.1) is 0 Å². The van der Waals surface area contributed by atoms with Gasteiger partial charge in [-0.1, -0.05) is 72.8 Å². The Labute approximate surface area is 145 Å². The first-order valence-electron chi connectivity index (χ1n) is 8.93. The number of rotatable bonds is 4. The molecule has 2 aromatic carbocycles. The third-order valence-electron chi connectivity index (χ3n) is 5.54. The van der Waals surface area contributed by atoms with Crippen LogP contribution in [-0.2, 0) is 12.1 Å². The van der Waals surface area contributed by atoms with Crippen LogP contribution in [-0.4, -0.2) is 35.0 Å². The first-order valence-corrected chi connectivity index (χ1v) is 8.93. The Balaban J connectivity index is 1.51. The van der Waals surface area contributed by atoms with Crippen molar-refractivity contribution in [3.05, 3.63) is 83.9 Å². The number of hydrogen-bond acceptors (Lipinski definition) is 2. The summed E-state index contributed by atoms with van der Waals surface area (Å²) in [7, 11) is 0. The average Bonchev–Trinajstić information content (AvgIpc) is 2.89. The van der Waals surface area contributed by atoms with Crippen LogP contribution in [0.25, 0.3) is 0 Å². The summed E-state index contributed by atoms with van der Waals surface area (Å²) >= 11 is 0. The van der Waals surface area contributed by atoms with Crippen LogP contribution in [0.1, 0.15) is 25.0 Å². The molecule has 124 valence electrons. The van der Waals surface area contributed by atoms with Crippen molar-refractivity contribution in [2.24, 2.45) is 0 Å². The summed E-state index contributed by atoms with van der Waals surface area (Å²) in [5.41, 5.74) is 2.87. The zero-order chi connectivity index (χ0) is 16.6. The maximum Gasteiger partial charge on any atom is 0.0421 e. The molecule has 2 aliphatic heterocycles. The minimum Gasteiger partial charge on any atom is -0.295 e. The van der Waals surface area contributed by atoms with E-state index in [2.05, 4.69) is 96.5 Å². The molecule has 0 saturated carbocycles. The van der Waals surface area contributed by atoms with Crippen molar-refractivity contribution < 1.29 is 0 Å². The van der Waals surface area contributed by atoms with Crippen LogP contribution in [0.15, 0.2) is 72.8 Å². The molecule has 0 N–H and O–H groups in total. The van der Waals surface area contributed by atoms with E-state index < -0.39 is 0 Å². The van der Waals surface area contributed by atoms with Gasteiger partial charge in [0.1, 0.15) is 0 Å². The molecule has 2 aliphatic rings. The predicted molar refractivity (Wildman–Crippen MR) is 99.7 cm³/mol. The van der Waals surface area contributed by atoms with Gasteiger partial charge >= 0.3 is 0 Å². The highest BCUT2D eigenvalue weighted by Gasteiger charge is 2.44. The van der Waals surface area contributed by atoms with Crippen LogP contribution in [0.2, 0.25) is 0 Å². The molecular weight excluding hydrogens is 292 g/mol. The van der Waals surface area contributed by atoms with E-state index in [1.165, 1.54) is 11.1 Å². The van der Waals surface area contributed by atoms with Crippen LogP contribution in [0, 0.1) is 0 Å². The van der Waals surface area contributed by atoms with Crippen LogP contribution in [0.3, 0.4) is 0 Å². The highest BCUT2D eigenvalue weighted by molar-refractivity contribution is 5.28. The lowest BCUT2D eigenvalue weighted by atomic mass is 9.89. The highest BCUT2D eigenvalue weighted by Crippen LogP contribution is 2.38. The summed E-state index contributed by atoms with van der Waals surface area (Å²) in [6, 6.07) is 22.8. The lowest BCUT2D eigenvalue weighted by molar-refractivity contribution is -0.00125. The molecule has 1 unspecified atom stereocenters. The molecule has 24 heavy (non-hydrogen) atoms. The van der Waals surface area contributed by atoms with Crippen molar-refractivity contribution in [2.45, 2.75) is 38.0 Å². The molecule has 1 fully saturated rings. The molecular formula is C22H26N2. The molecule has 2 aromatic rings. The van der Waals surface area contributed by atoms with Gasteiger partial charge in [-0.25, -0.2) is 0 Å². The van der Waals surface area contributed by atoms with Gasteiger partial charge in [0.15, 0.2) is 0 Å². The molecule has 2 nitrogen and oxygen atoms in total. The monoisotopic (exact) mass is 318 g/mol. The quantitative estimate of drug-likeness (QED) is 0.785. The average molecular weight is 318 g/mol. The zero-order valence-electron chi connectivity index (χ0n) is 14.6. The molecule has 0 spiro atoms. The van der Waals surface area contributed by atoms with E-state index in [9.17, 15) is 0 Å². The SMILES string of the molecule is CC(C)(c1ccccc1)N1C2C=C[C@H]1CN(Cc1ccccc1)C2. The van der Waals surface area contributed by atoms with Crippen LogP contribution in [0.4, 0.5) is 0 Å². The van der Waals surface area contributed by atoms with Crippen molar-refractivity contribution in [1.82, 2.24) is 9.80 Å². The standard InChI is InChI=1S/C22H26N2/c1-22(2,19-11-7-4-8-12-19)24-20-13-14-21(24)17-23(16-20)15-18-9-5-3-6-10-18/h3-14,20-21H,15-17H2,1-2H3/t20-,21?/m0/s1. The second-order valence-electron chi connectivity index (χ2n) is 7.53. The fourth-order valence-electron chi connectivity index (χ4n) is 4.38. The minimum absolute atomic E-state index is 0.0545. The third kappa shape index (κ3) is 2.81. The fraction of sp³-hybridized carbons (Fsp3) is 0.364. The van der Waals surface area contributed by atoms with Crippen molar-refractivity contribution in [3.63, 3.8) is 0 Å². The first-order chi connectivity index (χ1) is 11.6. The van der Waals surface area contributed by atoms with Gasteiger partial charge in [-0.15, -0.1) is 0 Å². The van der Waals surface area contributed by atoms with E-state index >= 15 is 0 Å². The summed E-state index contributed by atoms with van der Waals surface area (Å²) < 4.78 is 0. The van der Waals surface area contributed by atoms with Gasteiger partial charge in [-0.05, 0) is 25.0 Å². The molecule has 0 radical (unpaired) electrons. The van der Waals surface area contributed by atoms with Crippen LogP contribution in [0.5, 0.6) is 0 Å². The summed E-state index contributed by atoms with van der Waals surface area (Å²) in [5, 5.41) is 0. The van der Waals surface area contributed by atoms with Crippen LogP contribution >= 0.6 is 0 Å². The Morgan fingerprint density at radius 1 is 0.833 bits per heavy atom. The van der Waals surface area contributed by atoms with Gasteiger partial charge in [0.2, 0.25) is 0 Å². The normalized spacial score (nSPS) is 24.4. The van der Waals surface area contributed by atoms with Crippen LogP contribution < -0.4 is 0 Å². The van der Waals surface area contributed by atoms with Crippen molar-refractivity contribution >= 4 is 0 Å². The molecule has 0 amide bonds. The van der Waals surface area contributed by atoms with E-state index in [-0.39, 0.29) is 5.54 Å².